The number of carbonyl (C=O) groups excluding carboxylic acids is 1. The molecule has 0 aliphatic carbocycles. The molecule has 18 heavy (non-hydrogen) atoms. The van der Waals surface area contributed by atoms with Crippen molar-refractivity contribution in [1.29, 1.82) is 0 Å². The molecule has 0 radical (unpaired) electrons. The molecule has 5 heteroatoms. The summed E-state index contributed by atoms with van der Waals surface area (Å²) >= 11 is 0. The van der Waals surface area contributed by atoms with Crippen molar-refractivity contribution in [3.05, 3.63) is 52.2 Å². The monoisotopic (exact) mass is 243 g/mol. The molecular formula is C13H13N3O2. The third-order valence-corrected chi connectivity index (χ3v) is 2.97. The van der Waals surface area contributed by atoms with Crippen LogP contribution in [0.1, 0.15) is 16.1 Å². The Morgan fingerprint density at radius 1 is 1.33 bits per heavy atom. The quantitative estimate of drug-likeness (QED) is 0.849. The second-order valence-electron chi connectivity index (χ2n) is 4.02. The van der Waals surface area contributed by atoms with Gasteiger partial charge < -0.3 is 10.3 Å². The van der Waals surface area contributed by atoms with Crippen LogP contribution < -0.4 is 11.3 Å². The van der Waals surface area contributed by atoms with Gasteiger partial charge in [0.25, 0.3) is 11.5 Å². The summed E-state index contributed by atoms with van der Waals surface area (Å²) in [6.07, 6.45) is 3.31. The standard InChI is InChI=1S/C13H13N3O2/c1-8-10(9-3-5-15-6-4-9)7-11(12(14)17)13(18)16(8)2/h3-7H,1-2H3,(H2,14,17). The van der Waals surface area contributed by atoms with Crippen LogP contribution in [0.15, 0.2) is 35.4 Å². The maximum atomic E-state index is 11.9. The van der Waals surface area contributed by atoms with Crippen molar-refractivity contribution in [2.45, 2.75) is 6.92 Å². The Balaban J connectivity index is 2.77. The highest BCUT2D eigenvalue weighted by atomic mass is 16.2. The predicted molar refractivity (Wildman–Crippen MR) is 68.2 cm³/mol. The van der Waals surface area contributed by atoms with Crippen molar-refractivity contribution < 1.29 is 4.79 Å². The summed E-state index contributed by atoms with van der Waals surface area (Å²) in [4.78, 5) is 27.1. The Kier molecular flexibility index (Phi) is 2.97. The van der Waals surface area contributed by atoms with Gasteiger partial charge in [-0.1, -0.05) is 0 Å². The molecule has 0 atom stereocenters. The second kappa shape index (κ2) is 4.44. The molecule has 5 nitrogen and oxygen atoms in total. The van der Waals surface area contributed by atoms with E-state index >= 15 is 0 Å². The molecule has 2 N–H and O–H groups in total. The van der Waals surface area contributed by atoms with Crippen molar-refractivity contribution in [2.24, 2.45) is 12.8 Å². The van der Waals surface area contributed by atoms with Crippen LogP contribution in [-0.2, 0) is 7.05 Å². The number of pyridine rings is 2. The number of hydrogen-bond acceptors (Lipinski definition) is 3. The van der Waals surface area contributed by atoms with E-state index in [9.17, 15) is 9.59 Å². The minimum absolute atomic E-state index is 0.00471. The topological polar surface area (TPSA) is 78.0 Å². The smallest absolute Gasteiger partial charge is 0.263 e. The second-order valence-corrected chi connectivity index (χ2v) is 4.02. The molecule has 0 aromatic carbocycles. The molecule has 0 spiro atoms. The summed E-state index contributed by atoms with van der Waals surface area (Å²) in [7, 11) is 1.62. The lowest BCUT2D eigenvalue weighted by molar-refractivity contribution is 0.0998. The van der Waals surface area contributed by atoms with Crippen LogP contribution in [0.25, 0.3) is 11.1 Å². The summed E-state index contributed by atoms with van der Waals surface area (Å²) < 4.78 is 1.43. The molecule has 0 aliphatic rings. The summed E-state index contributed by atoms with van der Waals surface area (Å²) in [5.74, 6) is -0.717. The average molecular weight is 243 g/mol. The van der Waals surface area contributed by atoms with E-state index in [1.165, 1.54) is 10.6 Å². The number of carbonyl (C=O) groups is 1. The number of nitrogens with two attached hydrogens (primary N) is 1. The van der Waals surface area contributed by atoms with Crippen molar-refractivity contribution in [2.75, 3.05) is 0 Å². The largest absolute Gasteiger partial charge is 0.365 e. The predicted octanol–water partition coefficient (Wildman–Crippen LogP) is 0.855. The van der Waals surface area contributed by atoms with E-state index in [1.807, 2.05) is 19.1 Å². The van der Waals surface area contributed by atoms with Gasteiger partial charge >= 0.3 is 0 Å². The fourth-order valence-electron chi connectivity index (χ4n) is 1.82. The van der Waals surface area contributed by atoms with Crippen LogP contribution in [0, 0.1) is 6.92 Å². The number of aromatic nitrogens is 2. The van der Waals surface area contributed by atoms with Gasteiger partial charge in [0.1, 0.15) is 5.56 Å². The SMILES string of the molecule is Cc1c(-c2ccncc2)cc(C(N)=O)c(=O)n1C. The van der Waals surface area contributed by atoms with Gasteiger partial charge in [-0.05, 0) is 30.7 Å². The van der Waals surface area contributed by atoms with Gasteiger partial charge in [-0.3, -0.25) is 14.6 Å². The van der Waals surface area contributed by atoms with E-state index in [2.05, 4.69) is 4.98 Å². The number of hydrogen-bond donors (Lipinski definition) is 1. The van der Waals surface area contributed by atoms with Gasteiger partial charge in [-0.2, -0.15) is 0 Å². The first-order valence-corrected chi connectivity index (χ1v) is 5.43. The zero-order chi connectivity index (χ0) is 13.3. The van der Waals surface area contributed by atoms with Gasteiger partial charge in [0.2, 0.25) is 0 Å². The molecule has 2 rings (SSSR count). The van der Waals surface area contributed by atoms with E-state index in [1.54, 1.807) is 19.4 Å². The molecule has 0 unspecified atom stereocenters. The molecule has 0 aliphatic heterocycles. The van der Waals surface area contributed by atoms with E-state index in [4.69, 9.17) is 5.73 Å². The number of amides is 1. The van der Waals surface area contributed by atoms with Gasteiger partial charge in [0.15, 0.2) is 0 Å². The van der Waals surface area contributed by atoms with Crippen molar-refractivity contribution in [1.82, 2.24) is 9.55 Å². The maximum absolute atomic E-state index is 11.9. The fourth-order valence-corrected chi connectivity index (χ4v) is 1.82. The van der Waals surface area contributed by atoms with E-state index in [0.29, 0.717) is 0 Å². The van der Waals surface area contributed by atoms with Crippen LogP contribution >= 0.6 is 0 Å². The van der Waals surface area contributed by atoms with Crippen molar-refractivity contribution in [3.63, 3.8) is 0 Å². The van der Waals surface area contributed by atoms with Gasteiger partial charge in [0, 0.05) is 30.7 Å². The fraction of sp³-hybridized carbons (Fsp3) is 0.154. The van der Waals surface area contributed by atoms with E-state index in [0.717, 1.165) is 16.8 Å². The third kappa shape index (κ3) is 1.90. The van der Waals surface area contributed by atoms with E-state index < -0.39 is 5.91 Å². The lowest BCUT2D eigenvalue weighted by Crippen LogP contribution is -2.29. The Hall–Kier alpha value is -2.43. The Morgan fingerprint density at radius 2 is 1.94 bits per heavy atom. The van der Waals surface area contributed by atoms with Crippen LogP contribution in [0.4, 0.5) is 0 Å². The summed E-state index contributed by atoms with van der Waals surface area (Å²) in [6.45, 7) is 1.82. The number of rotatable bonds is 2. The summed E-state index contributed by atoms with van der Waals surface area (Å²) in [6, 6.07) is 5.17. The molecule has 0 fully saturated rings. The first-order chi connectivity index (χ1) is 8.52. The van der Waals surface area contributed by atoms with Crippen molar-refractivity contribution >= 4 is 5.91 Å². The summed E-state index contributed by atoms with van der Waals surface area (Å²) in [5.41, 5.74) is 7.30. The van der Waals surface area contributed by atoms with Crippen molar-refractivity contribution in [3.8, 4) is 11.1 Å². The first-order valence-electron chi connectivity index (χ1n) is 5.43. The third-order valence-electron chi connectivity index (χ3n) is 2.97. The van der Waals surface area contributed by atoms with Crippen LogP contribution in [0.3, 0.4) is 0 Å². The van der Waals surface area contributed by atoms with E-state index in [-0.39, 0.29) is 11.1 Å². The molecular weight excluding hydrogens is 230 g/mol. The molecule has 0 saturated heterocycles. The number of primary amides is 1. The minimum atomic E-state index is -0.717. The zero-order valence-electron chi connectivity index (χ0n) is 10.2. The van der Waals surface area contributed by atoms with Crippen LogP contribution in [-0.4, -0.2) is 15.5 Å². The van der Waals surface area contributed by atoms with Gasteiger partial charge in [-0.25, -0.2) is 0 Å². The zero-order valence-corrected chi connectivity index (χ0v) is 10.2. The average Bonchev–Trinajstić information content (AvgIpc) is 2.37. The maximum Gasteiger partial charge on any atom is 0.263 e. The molecule has 2 heterocycles. The lowest BCUT2D eigenvalue weighted by atomic mass is 10.0. The molecule has 92 valence electrons. The summed E-state index contributed by atoms with van der Waals surface area (Å²) in [5, 5.41) is 0. The molecule has 0 saturated carbocycles. The van der Waals surface area contributed by atoms with Gasteiger partial charge in [-0.15, -0.1) is 0 Å². The Morgan fingerprint density at radius 3 is 2.50 bits per heavy atom. The highest BCUT2D eigenvalue weighted by Gasteiger charge is 2.14. The Bertz CT molecular complexity index is 660. The number of nitrogens with zero attached hydrogens (tertiary/aromatic N) is 2. The molecule has 0 bridgehead atoms. The minimum Gasteiger partial charge on any atom is -0.365 e. The Labute approximate surface area is 104 Å². The highest BCUT2D eigenvalue weighted by Crippen LogP contribution is 2.21. The first kappa shape index (κ1) is 12.0. The molecule has 2 aromatic heterocycles. The normalized spacial score (nSPS) is 10.3. The highest BCUT2D eigenvalue weighted by molar-refractivity contribution is 5.93. The van der Waals surface area contributed by atoms with Crippen LogP contribution in [0.5, 0.6) is 0 Å². The molecule has 1 amide bonds. The van der Waals surface area contributed by atoms with Gasteiger partial charge in [0.05, 0.1) is 0 Å². The lowest BCUT2D eigenvalue weighted by Gasteiger charge is -2.12. The molecule has 2 aromatic rings. The van der Waals surface area contributed by atoms with Crippen LogP contribution in [0.2, 0.25) is 0 Å².